The van der Waals surface area contributed by atoms with Crippen LogP contribution in [-0.4, -0.2) is 20.0 Å². The molecule has 4 nitrogen and oxygen atoms in total. The number of nitrogens with two attached hydrogens (primary N) is 1. The topological polar surface area (TPSA) is 61.5 Å². The van der Waals surface area contributed by atoms with E-state index in [0.29, 0.717) is 35.3 Å². The minimum Gasteiger partial charge on any atom is -0.493 e. The van der Waals surface area contributed by atoms with Crippen LogP contribution >= 0.6 is 0 Å². The second-order valence-electron chi connectivity index (χ2n) is 4.29. The van der Waals surface area contributed by atoms with E-state index in [1.807, 2.05) is 0 Å². The van der Waals surface area contributed by atoms with Crippen LogP contribution in [0.2, 0.25) is 0 Å². The first kappa shape index (κ1) is 13.4. The molecule has 0 amide bonds. The van der Waals surface area contributed by atoms with Crippen LogP contribution in [0.15, 0.2) is 12.1 Å². The monoisotopic (exact) mass is 237 g/mol. The molecule has 0 aromatic heterocycles. The molecule has 0 aliphatic carbocycles. The Bertz CT molecular complexity index is 388. The molecule has 0 fully saturated rings. The lowest BCUT2D eigenvalue weighted by molar-refractivity contribution is 0.112. The maximum Gasteiger partial charge on any atom is 0.184 e. The first-order valence-corrected chi connectivity index (χ1v) is 5.64. The van der Waals surface area contributed by atoms with Crippen molar-refractivity contribution in [3.63, 3.8) is 0 Å². The zero-order chi connectivity index (χ0) is 12.8. The van der Waals surface area contributed by atoms with Crippen molar-refractivity contribution >= 4 is 12.0 Å². The fourth-order valence-corrected chi connectivity index (χ4v) is 1.42. The number of benzene rings is 1. The predicted molar refractivity (Wildman–Crippen MR) is 67.7 cm³/mol. The number of methoxy groups -OCH3 is 1. The molecule has 2 N–H and O–H groups in total. The number of nitrogen functional groups attached to an aromatic ring is 1. The van der Waals surface area contributed by atoms with Gasteiger partial charge in [0.1, 0.15) is 6.29 Å². The molecule has 0 saturated carbocycles. The van der Waals surface area contributed by atoms with E-state index in [-0.39, 0.29) is 0 Å². The van der Waals surface area contributed by atoms with E-state index >= 15 is 0 Å². The quantitative estimate of drug-likeness (QED) is 0.610. The Hall–Kier alpha value is -1.71. The highest BCUT2D eigenvalue weighted by molar-refractivity contribution is 5.80. The summed E-state index contributed by atoms with van der Waals surface area (Å²) in [5, 5.41) is 0. The van der Waals surface area contributed by atoms with Crippen molar-refractivity contribution in [3.05, 3.63) is 17.7 Å². The van der Waals surface area contributed by atoms with Gasteiger partial charge in [0, 0.05) is 5.56 Å². The van der Waals surface area contributed by atoms with Crippen LogP contribution in [0.1, 0.15) is 30.6 Å². The molecule has 1 aromatic rings. The molecular formula is C13H19NO3. The number of carbonyl (C=O) groups excluding carboxylic acids is 1. The first-order valence-electron chi connectivity index (χ1n) is 5.64. The third kappa shape index (κ3) is 3.66. The Morgan fingerprint density at radius 1 is 1.41 bits per heavy atom. The van der Waals surface area contributed by atoms with E-state index < -0.39 is 0 Å². The van der Waals surface area contributed by atoms with Gasteiger partial charge in [0.25, 0.3) is 0 Å². The van der Waals surface area contributed by atoms with Gasteiger partial charge in [-0.3, -0.25) is 4.79 Å². The minimum absolute atomic E-state index is 0.426. The van der Waals surface area contributed by atoms with Crippen LogP contribution in [0.25, 0.3) is 0 Å². The van der Waals surface area contributed by atoms with Gasteiger partial charge in [0.15, 0.2) is 11.5 Å². The summed E-state index contributed by atoms with van der Waals surface area (Å²) in [6.07, 6.45) is 1.68. The predicted octanol–water partition coefficient (Wildman–Crippen LogP) is 2.51. The highest BCUT2D eigenvalue weighted by Crippen LogP contribution is 2.34. The molecule has 1 aromatic carbocycles. The van der Waals surface area contributed by atoms with E-state index in [0.717, 1.165) is 12.7 Å². The van der Waals surface area contributed by atoms with E-state index in [2.05, 4.69) is 13.8 Å². The van der Waals surface area contributed by atoms with Crippen molar-refractivity contribution < 1.29 is 14.3 Å². The fourth-order valence-electron chi connectivity index (χ4n) is 1.42. The lowest BCUT2D eigenvalue weighted by atomic mass is 10.1. The van der Waals surface area contributed by atoms with Crippen LogP contribution in [-0.2, 0) is 0 Å². The number of hydrogen-bond acceptors (Lipinski definition) is 4. The lowest BCUT2D eigenvalue weighted by Crippen LogP contribution is -2.05. The van der Waals surface area contributed by atoms with Crippen LogP contribution < -0.4 is 15.2 Å². The maximum atomic E-state index is 10.7. The van der Waals surface area contributed by atoms with Crippen molar-refractivity contribution in [2.45, 2.75) is 20.3 Å². The summed E-state index contributed by atoms with van der Waals surface area (Å²) in [4.78, 5) is 10.7. The van der Waals surface area contributed by atoms with E-state index in [9.17, 15) is 4.79 Å². The van der Waals surface area contributed by atoms with Gasteiger partial charge in [0.05, 0.1) is 19.4 Å². The highest BCUT2D eigenvalue weighted by atomic mass is 16.5. The van der Waals surface area contributed by atoms with Gasteiger partial charge in [-0.1, -0.05) is 13.8 Å². The van der Waals surface area contributed by atoms with Gasteiger partial charge in [-0.2, -0.15) is 0 Å². The highest BCUT2D eigenvalue weighted by Gasteiger charge is 2.11. The molecule has 1 rings (SSSR count). The van der Waals surface area contributed by atoms with Crippen molar-refractivity contribution in [1.29, 1.82) is 0 Å². The largest absolute Gasteiger partial charge is 0.493 e. The van der Waals surface area contributed by atoms with Gasteiger partial charge < -0.3 is 15.2 Å². The standard InChI is InChI=1S/C13H19NO3/c1-9(2)4-5-17-13-11(14)6-10(8-15)7-12(13)16-3/h6-9H,4-5,14H2,1-3H3. The molecule has 0 spiro atoms. The number of rotatable bonds is 6. The van der Waals surface area contributed by atoms with Crippen LogP contribution in [0.4, 0.5) is 5.69 Å². The van der Waals surface area contributed by atoms with Gasteiger partial charge in [-0.25, -0.2) is 0 Å². The molecule has 17 heavy (non-hydrogen) atoms. The summed E-state index contributed by atoms with van der Waals surface area (Å²) in [7, 11) is 1.53. The summed E-state index contributed by atoms with van der Waals surface area (Å²) < 4.78 is 10.8. The molecule has 94 valence electrons. The Morgan fingerprint density at radius 3 is 2.65 bits per heavy atom. The molecular weight excluding hydrogens is 218 g/mol. The van der Waals surface area contributed by atoms with Gasteiger partial charge in [0.2, 0.25) is 0 Å². The van der Waals surface area contributed by atoms with Gasteiger partial charge >= 0.3 is 0 Å². The number of aldehydes is 1. The second kappa shape index (κ2) is 6.13. The maximum absolute atomic E-state index is 10.7. The Morgan fingerprint density at radius 2 is 2.12 bits per heavy atom. The molecule has 0 saturated heterocycles. The zero-order valence-corrected chi connectivity index (χ0v) is 10.5. The van der Waals surface area contributed by atoms with Crippen molar-refractivity contribution in [2.75, 3.05) is 19.5 Å². The molecule has 0 heterocycles. The average Bonchev–Trinajstić information content (AvgIpc) is 2.30. The Kier molecular flexibility index (Phi) is 4.82. The summed E-state index contributed by atoms with van der Waals surface area (Å²) in [5.41, 5.74) is 6.73. The molecule has 0 atom stereocenters. The van der Waals surface area contributed by atoms with Crippen molar-refractivity contribution in [2.24, 2.45) is 5.92 Å². The second-order valence-corrected chi connectivity index (χ2v) is 4.29. The number of anilines is 1. The third-order valence-electron chi connectivity index (χ3n) is 2.40. The summed E-state index contributed by atoms with van der Waals surface area (Å²) in [6.45, 7) is 4.83. The molecule has 4 heteroatoms. The molecule has 0 aliphatic heterocycles. The molecule has 0 aliphatic rings. The van der Waals surface area contributed by atoms with E-state index in [1.165, 1.54) is 7.11 Å². The van der Waals surface area contributed by atoms with Gasteiger partial charge in [-0.15, -0.1) is 0 Å². The third-order valence-corrected chi connectivity index (χ3v) is 2.40. The molecule has 0 unspecified atom stereocenters. The summed E-state index contributed by atoms with van der Waals surface area (Å²) in [6, 6.07) is 3.20. The fraction of sp³-hybridized carbons (Fsp3) is 0.462. The summed E-state index contributed by atoms with van der Waals surface area (Å²) >= 11 is 0. The molecule has 0 bridgehead atoms. The van der Waals surface area contributed by atoms with Crippen LogP contribution in [0.5, 0.6) is 11.5 Å². The van der Waals surface area contributed by atoms with Crippen LogP contribution in [0, 0.1) is 5.92 Å². The van der Waals surface area contributed by atoms with E-state index in [1.54, 1.807) is 12.1 Å². The lowest BCUT2D eigenvalue weighted by Gasteiger charge is -2.14. The number of ether oxygens (including phenoxy) is 2. The summed E-state index contributed by atoms with van der Waals surface area (Å²) in [5.74, 6) is 1.58. The van der Waals surface area contributed by atoms with E-state index in [4.69, 9.17) is 15.2 Å². The SMILES string of the molecule is COc1cc(C=O)cc(N)c1OCCC(C)C. The Balaban J connectivity index is 2.86. The number of hydrogen-bond donors (Lipinski definition) is 1. The van der Waals surface area contributed by atoms with Crippen LogP contribution in [0.3, 0.4) is 0 Å². The first-order chi connectivity index (χ1) is 8.08. The van der Waals surface area contributed by atoms with Crippen molar-refractivity contribution in [1.82, 2.24) is 0 Å². The zero-order valence-electron chi connectivity index (χ0n) is 10.5. The normalized spacial score (nSPS) is 10.4. The van der Waals surface area contributed by atoms with Crippen molar-refractivity contribution in [3.8, 4) is 11.5 Å². The van der Waals surface area contributed by atoms with Gasteiger partial charge in [-0.05, 0) is 24.5 Å². The molecule has 0 radical (unpaired) electrons. The smallest absolute Gasteiger partial charge is 0.184 e. The average molecular weight is 237 g/mol. The minimum atomic E-state index is 0.426. The number of carbonyl (C=O) groups is 1. The Labute approximate surface area is 102 Å².